The number of ether oxygens (including phenoxy) is 2. The molecular formula is C22H21ClN2O7. The molecule has 0 aliphatic heterocycles. The van der Waals surface area contributed by atoms with Gasteiger partial charge in [0.15, 0.2) is 6.10 Å². The van der Waals surface area contributed by atoms with Crippen LogP contribution in [0.15, 0.2) is 48.5 Å². The minimum atomic E-state index is -0.999. The first-order valence-electron chi connectivity index (χ1n) is 9.44. The van der Waals surface area contributed by atoms with Crippen LogP contribution in [0, 0.1) is 10.1 Å². The number of benzene rings is 2. The molecular weight excluding hydrogens is 440 g/mol. The fourth-order valence-corrected chi connectivity index (χ4v) is 2.80. The Balaban J connectivity index is 1.92. The summed E-state index contributed by atoms with van der Waals surface area (Å²) in [4.78, 5) is 46.3. The van der Waals surface area contributed by atoms with Crippen LogP contribution in [0.5, 0.6) is 0 Å². The van der Waals surface area contributed by atoms with Gasteiger partial charge in [0, 0.05) is 34.8 Å². The summed E-state index contributed by atoms with van der Waals surface area (Å²) in [6.07, 6.45) is 1.55. The number of halogens is 1. The molecule has 0 aliphatic carbocycles. The van der Waals surface area contributed by atoms with E-state index in [1.165, 1.54) is 44.4 Å². The number of carbonyl (C=O) groups excluding carboxylic acids is 3. The first-order chi connectivity index (χ1) is 15.2. The third kappa shape index (κ3) is 7.29. The normalized spacial score (nSPS) is 11.7. The van der Waals surface area contributed by atoms with Gasteiger partial charge in [0.2, 0.25) is 5.78 Å². The average molecular weight is 461 g/mol. The lowest BCUT2D eigenvalue weighted by atomic mass is 10.1. The molecule has 0 aromatic heterocycles. The van der Waals surface area contributed by atoms with Crippen LogP contribution in [0.25, 0.3) is 6.08 Å². The fraction of sp³-hybridized carbons (Fsp3) is 0.227. The van der Waals surface area contributed by atoms with Crippen LogP contribution >= 0.6 is 11.6 Å². The van der Waals surface area contributed by atoms with Crippen LogP contribution in [0.4, 0.5) is 5.69 Å². The largest absolute Gasteiger partial charge is 0.466 e. The van der Waals surface area contributed by atoms with E-state index in [2.05, 4.69) is 10.1 Å². The Bertz CT molecular complexity index is 1040. The summed E-state index contributed by atoms with van der Waals surface area (Å²) in [5.74, 6) is -1.64. The van der Waals surface area contributed by atoms with Gasteiger partial charge in [0.05, 0.1) is 18.6 Å². The van der Waals surface area contributed by atoms with Gasteiger partial charge in [-0.3, -0.25) is 19.7 Å². The van der Waals surface area contributed by atoms with E-state index in [-0.39, 0.29) is 24.6 Å². The topological polar surface area (TPSA) is 125 Å². The second-order valence-corrected chi connectivity index (χ2v) is 7.04. The van der Waals surface area contributed by atoms with Gasteiger partial charge < -0.3 is 14.8 Å². The molecule has 1 atom stereocenters. The maximum atomic E-state index is 12.3. The monoisotopic (exact) mass is 460 g/mol. The van der Waals surface area contributed by atoms with E-state index in [0.717, 1.165) is 6.08 Å². The van der Waals surface area contributed by atoms with Crippen molar-refractivity contribution in [2.24, 2.45) is 0 Å². The van der Waals surface area contributed by atoms with Crippen molar-refractivity contribution in [1.82, 2.24) is 5.32 Å². The van der Waals surface area contributed by atoms with Gasteiger partial charge in [-0.2, -0.15) is 0 Å². The SMILES string of the molecule is COC(=O)C=Cc1ccc(CNCC(=O)OC(C)C(=O)c2ccc(Cl)cc2)c([N+](=O)[O-])c1. The molecule has 9 nitrogen and oxygen atoms in total. The number of carbonyl (C=O) groups is 3. The Morgan fingerprint density at radius 2 is 1.88 bits per heavy atom. The number of hydrogen-bond acceptors (Lipinski definition) is 8. The van der Waals surface area contributed by atoms with Gasteiger partial charge in [-0.15, -0.1) is 0 Å². The van der Waals surface area contributed by atoms with Crippen LogP contribution in [0.3, 0.4) is 0 Å². The summed E-state index contributed by atoms with van der Waals surface area (Å²) in [5, 5.41) is 14.6. The van der Waals surface area contributed by atoms with Gasteiger partial charge in [0.25, 0.3) is 5.69 Å². The summed E-state index contributed by atoms with van der Waals surface area (Å²) in [7, 11) is 1.23. The van der Waals surface area contributed by atoms with Crippen molar-refractivity contribution in [2.45, 2.75) is 19.6 Å². The van der Waals surface area contributed by atoms with E-state index >= 15 is 0 Å². The fourth-order valence-electron chi connectivity index (χ4n) is 2.68. The molecule has 168 valence electrons. The van der Waals surface area contributed by atoms with Gasteiger partial charge in [-0.25, -0.2) is 4.79 Å². The Labute approximate surface area is 189 Å². The average Bonchev–Trinajstić information content (AvgIpc) is 2.77. The summed E-state index contributed by atoms with van der Waals surface area (Å²) in [6.45, 7) is 1.23. The molecule has 0 saturated heterocycles. The van der Waals surface area contributed by atoms with Crippen molar-refractivity contribution in [1.29, 1.82) is 0 Å². The molecule has 0 aliphatic rings. The predicted molar refractivity (Wildman–Crippen MR) is 117 cm³/mol. The van der Waals surface area contributed by atoms with E-state index in [1.54, 1.807) is 18.2 Å². The Kier molecular flexibility index (Phi) is 9.06. The van der Waals surface area contributed by atoms with Gasteiger partial charge in [-0.05, 0) is 42.8 Å². The number of ketones is 1. The lowest BCUT2D eigenvalue weighted by Crippen LogP contribution is -2.30. The van der Waals surface area contributed by atoms with E-state index in [0.29, 0.717) is 21.7 Å². The number of nitrogens with zero attached hydrogens (tertiary/aromatic N) is 1. The molecule has 0 bridgehead atoms. The first kappa shape index (κ1) is 24.7. The van der Waals surface area contributed by atoms with Gasteiger partial charge in [-0.1, -0.05) is 23.7 Å². The van der Waals surface area contributed by atoms with Crippen LogP contribution in [-0.4, -0.2) is 42.4 Å². The highest BCUT2D eigenvalue weighted by Crippen LogP contribution is 2.21. The smallest absolute Gasteiger partial charge is 0.330 e. The number of Topliss-reactive ketones (excluding diaryl/α,β-unsaturated/α-hetero) is 1. The lowest BCUT2D eigenvalue weighted by Gasteiger charge is -2.13. The molecule has 0 fully saturated rings. The molecule has 0 radical (unpaired) electrons. The first-order valence-corrected chi connectivity index (χ1v) is 9.82. The van der Waals surface area contributed by atoms with E-state index in [1.807, 2.05) is 0 Å². The third-order valence-electron chi connectivity index (χ3n) is 4.31. The summed E-state index contributed by atoms with van der Waals surface area (Å²) < 4.78 is 9.61. The number of esters is 2. The standard InChI is InChI=1S/C22H21ClN2O7/c1-14(22(28)16-6-8-18(23)9-7-16)32-21(27)13-24-12-17-5-3-15(4-10-20(26)31-2)11-19(17)25(29)30/h3-11,14,24H,12-13H2,1-2H3. The maximum absolute atomic E-state index is 12.3. The Morgan fingerprint density at radius 1 is 1.19 bits per heavy atom. The molecule has 10 heteroatoms. The number of nitro benzene ring substituents is 1. The molecule has 0 amide bonds. The number of hydrogen-bond donors (Lipinski definition) is 1. The number of nitrogens with one attached hydrogen (secondary N) is 1. The molecule has 2 aromatic carbocycles. The molecule has 1 unspecified atom stereocenters. The molecule has 2 rings (SSSR count). The second-order valence-electron chi connectivity index (χ2n) is 6.61. The van der Waals surface area contributed by atoms with Crippen molar-refractivity contribution in [3.05, 3.63) is 80.4 Å². The quantitative estimate of drug-likeness (QED) is 0.188. The van der Waals surface area contributed by atoms with Crippen LogP contribution < -0.4 is 5.32 Å². The predicted octanol–water partition coefficient (Wildman–Crippen LogP) is 3.34. The zero-order valence-electron chi connectivity index (χ0n) is 17.4. The van der Waals surface area contributed by atoms with Crippen molar-refractivity contribution in [3.63, 3.8) is 0 Å². The van der Waals surface area contributed by atoms with Crippen molar-refractivity contribution in [3.8, 4) is 0 Å². The van der Waals surface area contributed by atoms with Crippen LogP contribution in [0.1, 0.15) is 28.4 Å². The highest BCUT2D eigenvalue weighted by molar-refractivity contribution is 6.30. The van der Waals surface area contributed by atoms with Gasteiger partial charge in [0.1, 0.15) is 0 Å². The number of nitro groups is 1. The van der Waals surface area contributed by atoms with E-state index in [9.17, 15) is 24.5 Å². The molecule has 32 heavy (non-hydrogen) atoms. The molecule has 0 heterocycles. The highest BCUT2D eigenvalue weighted by Gasteiger charge is 2.20. The summed E-state index contributed by atoms with van der Waals surface area (Å²) in [5.41, 5.74) is 0.965. The van der Waals surface area contributed by atoms with E-state index in [4.69, 9.17) is 16.3 Å². The summed E-state index contributed by atoms with van der Waals surface area (Å²) >= 11 is 5.79. The molecule has 2 aromatic rings. The second kappa shape index (κ2) is 11.7. The number of methoxy groups -OCH3 is 1. The minimum absolute atomic E-state index is 0.0198. The molecule has 1 N–H and O–H groups in total. The molecule has 0 saturated carbocycles. The zero-order valence-corrected chi connectivity index (χ0v) is 18.1. The Morgan fingerprint density at radius 3 is 2.50 bits per heavy atom. The lowest BCUT2D eigenvalue weighted by molar-refractivity contribution is -0.385. The summed E-state index contributed by atoms with van der Waals surface area (Å²) in [6, 6.07) is 10.6. The third-order valence-corrected chi connectivity index (χ3v) is 4.56. The van der Waals surface area contributed by atoms with Crippen LogP contribution in [-0.2, 0) is 25.6 Å². The minimum Gasteiger partial charge on any atom is -0.466 e. The maximum Gasteiger partial charge on any atom is 0.330 e. The van der Waals surface area contributed by atoms with E-state index < -0.39 is 23.0 Å². The highest BCUT2D eigenvalue weighted by atomic mass is 35.5. The molecule has 0 spiro atoms. The van der Waals surface area contributed by atoms with Crippen molar-refractivity contribution < 1.29 is 28.8 Å². The van der Waals surface area contributed by atoms with Crippen molar-refractivity contribution >= 4 is 41.1 Å². The van der Waals surface area contributed by atoms with Crippen molar-refractivity contribution in [2.75, 3.05) is 13.7 Å². The Hall–Kier alpha value is -3.56. The van der Waals surface area contributed by atoms with Crippen LogP contribution in [0.2, 0.25) is 5.02 Å². The zero-order chi connectivity index (χ0) is 23.7. The number of rotatable bonds is 10. The van der Waals surface area contributed by atoms with Gasteiger partial charge >= 0.3 is 11.9 Å².